The van der Waals surface area contributed by atoms with E-state index in [2.05, 4.69) is 4.98 Å². The fourth-order valence-corrected chi connectivity index (χ4v) is 2.15. The van der Waals surface area contributed by atoms with Crippen LogP contribution in [0.4, 0.5) is 0 Å². The highest BCUT2D eigenvalue weighted by atomic mass is 16.6. The number of aromatic nitrogens is 1. The predicted octanol–water partition coefficient (Wildman–Crippen LogP) is 4.07. The van der Waals surface area contributed by atoms with Crippen LogP contribution in [-0.4, -0.2) is 16.5 Å². The number of ether oxygens (including phenoxy) is 1. The van der Waals surface area contributed by atoms with Gasteiger partial charge in [0.25, 0.3) is 5.70 Å². The molecule has 0 N–H and O–H groups in total. The number of hydrogen-bond donors (Lipinski definition) is 0. The number of pyridine rings is 1. The quantitative estimate of drug-likeness (QED) is 0.431. The molecule has 114 valence electrons. The number of nitrogens with zero attached hydrogens (tertiary/aromatic N) is 2. The maximum atomic E-state index is 11.2. The Morgan fingerprint density at radius 3 is 2.57 bits per heavy atom. The van der Waals surface area contributed by atoms with Gasteiger partial charge in [0.2, 0.25) is 5.88 Å². The molecule has 0 saturated carbocycles. The van der Waals surface area contributed by atoms with E-state index in [0.717, 1.165) is 17.7 Å². The van der Waals surface area contributed by atoms with Crippen LogP contribution in [0.15, 0.2) is 41.1 Å². The largest absolute Gasteiger partial charge is 0.473 e. The molecule has 0 aliphatic heterocycles. The van der Waals surface area contributed by atoms with Gasteiger partial charge in [0.1, 0.15) is 6.61 Å². The summed E-state index contributed by atoms with van der Waals surface area (Å²) in [6, 6.07) is 5.48. The van der Waals surface area contributed by atoms with Crippen LogP contribution in [0.3, 0.4) is 0 Å². The van der Waals surface area contributed by atoms with Gasteiger partial charge in [-0.15, -0.1) is 0 Å². The maximum Gasteiger partial charge on any atom is 0.252 e. The lowest BCUT2D eigenvalue weighted by molar-refractivity contribution is -0.428. The third kappa shape index (κ3) is 4.70. The molecule has 5 heteroatoms. The zero-order valence-corrected chi connectivity index (χ0v) is 13.0. The van der Waals surface area contributed by atoms with Crippen LogP contribution in [0.25, 0.3) is 0 Å². The van der Waals surface area contributed by atoms with Crippen molar-refractivity contribution in [2.75, 3.05) is 6.61 Å². The van der Waals surface area contributed by atoms with Crippen molar-refractivity contribution >= 4 is 0 Å². The van der Waals surface area contributed by atoms with Crippen LogP contribution < -0.4 is 4.74 Å². The minimum absolute atomic E-state index is 0.161. The Morgan fingerprint density at radius 2 is 2.10 bits per heavy atom. The van der Waals surface area contributed by atoms with Crippen molar-refractivity contribution in [2.24, 2.45) is 0 Å². The normalized spacial score (nSPS) is 12.9. The SMILES string of the molecule is C/C=C(CC)\C(COc1cccc(C)n1)=C(/CC)[N+](=O)[O-]. The first-order valence-electron chi connectivity index (χ1n) is 7.11. The lowest BCUT2D eigenvalue weighted by atomic mass is 10.0. The molecule has 0 atom stereocenters. The molecule has 0 amide bonds. The molecular weight excluding hydrogens is 268 g/mol. The second-order valence-corrected chi connectivity index (χ2v) is 4.61. The van der Waals surface area contributed by atoms with E-state index in [0.29, 0.717) is 17.9 Å². The first kappa shape index (κ1) is 16.9. The Morgan fingerprint density at radius 1 is 1.38 bits per heavy atom. The first-order chi connectivity index (χ1) is 10.0. The van der Waals surface area contributed by atoms with Crippen molar-refractivity contribution in [1.82, 2.24) is 4.98 Å². The summed E-state index contributed by atoms with van der Waals surface area (Å²) in [6.07, 6.45) is 3.00. The highest BCUT2D eigenvalue weighted by molar-refractivity contribution is 5.33. The molecule has 0 aromatic carbocycles. The van der Waals surface area contributed by atoms with E-state index in [1.807, 2.05) is 39.0 Å². The van der Waals surface area contributed by atoms with Crippen LogP contribution in [0.1, 0.15) is 39.3 Å². The van der Waals surface area contributed by atoms with E-state index < -0.39 is 0 Å². The molecule has 0 aliphatic carbocycles. The number of rotatable bonds is 7. The van der Waals surface area contributed by atoms with Crippen LogP contribution in [0.2, 0.25) is 0 Å². The van der Waals surface area contributed by atoms with Crippen LogP contribution in [0.5, 0.6) is 5.88 Å². The third-order valence-corrected chi connectivity index (χ3v) is 3.25. The fourth-order valence-electron chi connectivity index (χ4n) is 2.15. The Balaban J connectivity index is 3.06. The van der Waals surface area contributed by atoms with Gasteiger partial charge in [-0.1, -0.05) is 26.0 Å². The van der Waals surface area contributed by atoms with Gasteiger partial charge in [-0.2, -0.15) is 0 Å². The molecule has 0 bridgehead atoms. The Labute approximate surface area is 125 Å². The molecule has 1 aromatic rings. The highest BCUT2D eigenvalue weighted by Crippen LogP contribution is 2.22. The van der Waals surface area contributed by atoms with E-state index in [-0.39, 0.29) is 17.2 Å². The molecule has 21 heavy (non-hydrogen) atoms. The summed E-state index contributed by atoms with van der Waals surface area (Å²) in [6.45, 7) is 7.69. The van der Waals surface area contributed by atoms with E-state index >= 15 is 0 Å². The number of hydrogen-bond acceptors (Lipinski definition) is 4. The Kier molecular flexibility index (Phi) is 6.59. The van der Waals surface area contributed by atoms with Gasteiger partial charge in [-0.3, -0.25) is 10.1 Å². The van der Waals surface area contributed by atoms with Crippen LogP contribution in [0, 0.1) is 17.0 Å². The minimum atomic E-state index is -0.318. The van der Waals surface area contributed by atoms with Crippen molar-refractivity contribution in [3.05, 3.63) is 56.9 Å². The molecule has 1 rings (SSSR count). The third-order valence-electron chi connectivity index (χ3n) is 3.25. The molecule has 0 saturated heterocycles. The second kappa shape index (κ2) is 8.19. The van der Waals surface area contributed by atoms with Gasteiger partial charge in [0.15, 0.2) is 0 Å². The van der Waals surface area contributed by atoms with Crippen molar-refractivity contribution in [3.8, 4) is 5.88 Å². The molecule has 0 radical (unpaired) electrons. The average molecular weight is 290 g/mol. The second-order valence-electron chi connectivity index (χ2n) is 4.61. The van der Waals surface area contributed by atoms with E-state index in [1.165, 1.54) is 0 Å². The average Bonchev–Trinajstić information content (AvgIpc) is 2.45. The van der Waals surface area contributed by atoms with Crippen molar-refractivity contribution < 1.29 is 9.66 Å². The molecule has 0 unspecified atom stereocenters. The topological polar surface area (TPSA) is 65.3 Å². The summed E-state index contributed by atoms with van der Waals surface area (Å²) in [4.78, 5) is 15.2. The summed E-state index contributed by atoms with van der Waals surface area (Å²) >= 11 is 0. The summed E-state index contributed by atoms with van der Waals surface area (Å²) in [5.41, 5.74) is 2.65. The number of aryl methyl sites for hydroxylation is 1. The van der Waals surface area contributed by atoms with Gasteiger partial charge < -0.3 is 4.74 Å². The zero-order chi connectivity index (χ0) is 15.8. The van der Waals surface area contributed by atoms with Gasteiger partial charge in [0, 0.05) is 18.2 Å². The maximum absolute atomic E-state index is 11.2. The Bertz CT molecular complexity index is 562. The van der Waals surface area contributed by atoms with Gasteiger partial charge >= 0.3 is 0 Å². The van der Waals surface area contributed by atoms with Crippen molar-refractivity contribution in [1.29, 1.82) is 0 Å². The summed E-state index contributed by atoms with van der Waals surface area (Å²) < 4.78 is 5.65. The molecule has 5 nitrogen and oxygen atoms in total. The molecule has 1 aromatic heterocycles. The Hall–Kier alpha value is -2.17. The van der Waals surface area contributed by atoms with Crippen molar-refractivity contribution in [3.63, 3.8) is 0 Å². The lowest BCUT2D eigenvalue weighted by Crippen LogP contribution is -2.12. The number of nitro groups is 1. The molecule has 0 fully saturated rings. The van der Waals surface area contributed by atoms with Crippen LogP contribution >= 0.6 is 0 Å². The van der Waals surface area contributed by atoms with E-state index in [9.17, 15) is 10.1 Å². The van der Waals surface area contributed by atoms with Gasteiger partial charge in [-0.05, 0) is 31.9 Å². The summed E-state index contributed by atoms with van der Waals surface area (Å²) in [5, 5.41) is 11.2. The zero-order valence-electron chi connectivity index (χ0n) is 13.0. The summed E-state index contributed by atoms with van der Waals surface area (Å²) in [5.74, 6) is 0.484. The molecule has 0 spiro atoms. The first-order valence-corrected chi connectivity index (χ1v) is 7.11. The van der Waals surface area contributed by atoms with Crippen LogP contribution in [-0.2, 0) is 0 Å². The lowest BCUT2D eigenvalue weighted by Gasteiger charge is -2.12. The van der Waals surface area contributed by atoms with Gasteiger partial charge in [-0.25, -0.2) is 4.98 Å². The smallest absolute Gasteiger partial charge is 0.252 e. The highest BCUT2D eigenvalue weighted by Gasteiger charge is 2.19. The fraction of sp³-hybridized carbons (Fsp3) is 0.438. The molecule has 0 aliphatic rings. The standard InChI is InChI=1S/C16H22N2O3/c1-5-13(6-2)14(15(7-3)18(19)20)11-21-16-10-8-9-12(4)17-16/h5,8-10H,6-7,11H2,1-4H3/b13-5-,15-14+. The monoisotopic (exact) mass is 290 g/mol. The number of allylic oxidation sites excluding steroid dienone is 2. The van der Waals surface area contributed by atoms with E-state index in [1.54, 1.807) is 13.0 Å². The molecular formula is C16H22N2O3. The predicted molar refractivity (Wildman–Crippen MR) is 82.8 cm³/mol. The van der Waals surface area contributed by atoms with Crippen molar-refractivity contribution in [2.45, 2.75) is 40.5 Å². The minimum Gasteiger partial charge on any atom is -0.473 e. The molecule has 1 heterocycles. The van der Waals surface area contributed by atoms with E-state index in [4.69, 9.17) is 4.74 Å². The van der Waals surface area contributed by atoms with Gasteiger partial charge in [0.05, 0.1) is 10.5 Å². The summed E-state index contributed by atoms with van der Waals surface area (Å²) in [7, 11) is 0.